The van der Waals surface area contributed by atoms with Crippen LogP contribution in [0.5, 0.6) is 0 Å². The van der Waals surface area contributed by atoms with Gasteiger partial charge in [-0.05, 0) is 19.9 Å². The molecule has 72 valence electrons. The van der Waals surface area contributed by atoms with Gasteiger partial charge in [-0.15, -0.1) is 0 Å². The van der Waals surface area contributed by atoms with Gasteiger partial charge in [-0.2, -0.15) is 13.2 Å². The van der Waals surface area contributed by atoms with Crippen LogP contribution in [0.2, 0.25) is 0 Å². The van der Waals surface area contributed by atoms with Crippen LogP contribution in [-0.2, 0) is 4.74 Å². The first kappa shape index (κ1) is 9.80. The van der Waals surface area contributed by atoms with E-state index < -0.39 is 18.2 Å². The van der Waals surface area contributed by atoms with Crippen molar-refractivity contribution in [2.45, 2.75) is 31.7 Å². The molecule has 0 aromatic heterocycles. The second-order valence-electron chi connectivity index (χ2n) is 3.14. The first-order chi connectivity index (χ1) is 5.45. The van der Waals surface area contributed by atoms with Gasteiger partial charge in [0.15, 0.2) is 6.10 Å². The molecule has 1 heterocycles. The van der Waals surface area contributed by atoms with E-state index in [4.69, 9.17) is 10.5 Å². The van der Waals surface area contributed by atoms with Crippen molar-refractivity contribution in [1.82, 2.24) is 0 Å². The summed E-state index contributed by atoms with van der Waals surface area (Å²) >= 11 is 0. The smallest absolute Gasteiger partial charge is 0.365 e. The van der Waals surface area contributed by atoms with Gasteiger partial charge in [0.25, 0.3) is 0 Å². The van der Waals surface area contributed by atoms with Crippen LogP contribution in [0.25, 0.3) is 0 Å². The van der Waals surface area contributed by atoms with E-state index in [2.05, 4.69) is 0 Å². The Morgan fingerprint density at radius 3 is 2.42 bits per heavy atom. The summed E-state index contributed by atoms with van der Waals surface area (Å²) in [4.78, 5) is 0. The number of rotatable bonds is 1. The zero-order valence-corrected chi connectivity index (χ0v) is 6.77. The lowest BCUT2D eigenvalue weighted by Crippen LogP contribution is -2.37. The number of halogens is 3. The molecule has 1 fully saturated rings. The van der Waals surface area contributed by atoms with E-state index in [9.17, 15) is 13.2 Å². The highest BCUT2D eigenvalue weighted by molar-refractivity contribution is 4.85. The van der Waals surface area contributed by atoms with Crippen molar-refractivity contribution >= 4 is 0 Å². The van der Waals surface area contributed by atoms with Gasteiger partial charge >= 0.3 is 6.18 Å². The lowest BCUT2D eigenvalue weighted by molar-refractivity contribution is -0.222. The van der Waals surface area contributed by atoms with Crippen LogP contribution in [0.3, 0.4) is 0 Å². The maximum Gasteiger partial charge on any atom is 0.414 e. The maximum atomic E-state index is 12.2. The summed E-state index contributed by atoms with van der Waals surface area (Å²) in [6, 6.07) is 0. The molecule has 0 saturated carbocycles. The second-order valence-corrected chi connectivity index (χ2v) is 3.14. The maximum absolute atomic E-state index is 12.2. The van der Waals surface area contributed by atoms with Crippen LogP contribution in [0.4, 0.5) is 13.2 Å². The summed E-state index contributed by atoms with van der Waals surface area (Å²) in [5.41, 5.74) is 5.20. The monoisotopic (exact) mass is 183 g/mol. The lowest BCUT2D eigenvalue weighted by atomic mass is 10.00. The van der Waals surface area contributed by atoms with Crippen LogP contribution >= 0.6 is 0 Å². The fraction of sp³-hybridized carbons (Fsp3) is 1.00. The Bertz CT molecular complexity index is 159. The highest BCUT2D eigenvalue weighted by atomic mass is 19.4. The van der Waals surface area contributed by atoms with Crippen molar-refractivity contribution in [3.8, 4) is 0 Å². The third-order valence-electron chi connectivity index (χ3n) is 2.07. The molecule has 0 spiro atoms. The summed E-state index contributed by atoms with van der Waals surface area (Å²) in [6.45, 7) is 1.67. The normalized spacial score (nSPS) is 37.2. The molecule has 1 saturated heterocycles. The molecule has 1 aliphatic heterocycles. The predicted octanol–water partition coefficient (Wildman–Crippen LogP) is 1.30. The van der Waals surface area contributed by atoms with Gasteiger partial charge in [0.05, 0.1) is 6.10 Å². The molecular weight excluding hydrogens is 171 g/mol. The number of hydrogen-bond donors (Lipinski definition) is 1. The van der Waals surface area contributed by atoms with E-state index in [0.717, 1.165) is 0 Å². The molecule has 0 unspecified atom stereocenters. The second kappa shape index (κ2) is 3.22. The van der Waals surface area contributed by atoms with Crippen LogP contribution in [-0.4, -0.2) is 24.9 Å². The molecule has 1 rings (SSSR count). The molecule has 0 bridgehead atoms. The minimum absolute atomic E-state index is 0.0362. The zero-order chi connectivity index (χ0) is 9.35. The third kappa shape index (κ3) is 1.90. The minimum Gasteiger partial charge on any atom is -0.365 e. The highest BCUT2D eigenvalue weighted by Crippen LogP contribution is 2.36. The Morgan fingerprint density at radius 2 is 2.08 bits per heavy atom. The zero-order valence-electron chi connectivity index (χ0n) is 6.77. The van der Waals surface area contributed by atoms with Crippen LogP contribution in [0, 0.1) is 5.92 Å². The summed E-state index contributed by atoms with van der Waals surface area (Å²) in [7, 11) is 0. The highest BCUT2D eigenvalue weighted by Gasteiger charge is 2.49. The van der Waals surface area contributed by atoms with Crippen molar-refractivity contribution in [2.75, 3.05) is 6.54 Å². The predicted molar refractivity (Wildman–Crippen MR) is 37.6 cm³/mol. The molecule has 2 nitrogen and oxygen atoms in total. The van der Waals surface area contributed by atoms with Gasteiger partial charge in [0, 0.05) is 5.92 Å². The molecule has 0 aromatic carbocycles. The molecule has 2 N–H and O–H groups in total. The molecule has 0 aliphatic carbocycles. The van der Waals surface area contributed by atoms with Crippen molar-refractivity contribution in [3.63, 3.8) is 0 Å². The Morgan fingerprint density at radius 1 is 1.50 bits per heavy atom. The van der Waals surface area contributed by atoms with E-state index >= 15 is 0 Å². The van der Waals surface area contributed by atoms with E-state index in [1.54, 1.807) is 6.92 Å². The van der Waals surface area contributed by atoms with Crippen LogP contribution in [0.1, 0.15) is 13.3 Å². The van der Waals surface area contributed by atoms with Crippen molar-refractivity contribution in [2.24, 2.45) is 11.7 Å². The first-order valence-corrected chi connectivity index (χ1v) is 3.87. The minimum atomic E-state index is -4.27. The Labute approximate surface area is 68.9 Å². The fourth-order valence-corrected chi connectivity index (χ4v) is 1.53. The Balaban J connectivity index is 2.64. The molecule has 5 heteroatoms. The average molecular weight is 183 g/mol. The van der Waals surface area contributed by atoms with Crippen LogP contribution in [0.15, 0.2) is 0 Å². The largest absolute Gasteiger partial charge is 0.414 e. The quantitative estimate of drug-likeness (QED) is 0.665. The van der Waals surface area contributed by atoms with Gasteiger partial charge in [0.2, 0.25) is 0 Å². The number of hydrogen-bond acceptors (Lipinski definition) is 2. The summed E-state index contributed by atoms with van der Waals surface area (Å²) < 4.78 is 41.3. The first-order valence-electron chi connectivity index (χ1n) is 3.87. The van der Waals surface area contributed by atoms with E-state index in [-0.39, 0.29) is 12.6 Å². The van der Waals surface area contributed by atoms with Crippen LogP contribution < -0.4 is 5.73 Å². The molecule has 0 radical (unpaired) electrons. The van der Waals surface area contributed by atoms with Gasteiger partial charge in [0.1, 0.15) is 0 Å². The number of nitrogens with two attached hydrogens (primary N) is 1. The van der Waals surface area contributed by atoms with Crippen molar-refractivity contribution in [3.05, 3.63) is 0 Å². The number of ether oxygens (including phenoxy) is 1. The van der Waals surface area contributed by atoms with Gasteiger partial charge in [-0.25, -0.2) is 0 Å². The topological polar surface area (TPSA) is 35.2 Å². The van der Waals surface area contributed by atoms with Crippen molar-refractivity contribution < 1.29 is 17.9 Å². The summed E-state index contributed by atoms with van der Waals surface area (Å²) in [5, 5.41) is 0. The average Bonchev–Trinajstić information content (AvgIpc) is 2.29. The summed E-state index contributed by atoms with van der Waals surface area (Å²) in [5.74, 6) is -0.569. The Hall–Kier alpha value is -0.290. The van der Waals surface area contributed by atoms with Gasteiger partial charge in [-0.1, -0.05) is 0 Å². The standard InChI is InChI=1S/C7H12F3NO/c1-4-2-5(3-11)6(12-4)7(8,9)10/h4-6H,2-3,11H2,1H3/t4-,5-,6-/m0/s1. The lowest BCUT2D eigenvalue weighted by Gasteiger charge is -2.19. The van der Waals surface area contributed by atoms with Gasteiger partial charge < -0.3 is 10.5 Å². The molecule has 3 atom stereocenters. The van der Waals surface area contributed by atoms with E-state index in [1.807, 2.05) is 0 Å². The molecule has 0 amide bonds. The molecular formula is C7H12F3NO. The summed E-state index contributed by atoms with van der Waals surface area (Å²) in [6.07, 6.45) is -5.85. The van der Waals surface area contributed by atoms with Crippen molar-refractivity contribution in [1.29, 1.82) is 0 Å². The van der Waals surface area contributed by atoms with E-state index in [1.165, 1.54) is 0 Å². The fourth-order valence-electron chi connectivity index (χ4n) is 1.53. The van der Waals surface area contributed by atoms with Gasteiger partial charge in [-0.3, -0.25) is 0 Å². The van der Waals surface area contributed by atoms with E-state index in [0.29, 0.717) is 6.42 Å². The molecule has 12 heavy (non-hydrogen) atoms. The number of alkyl halides is 3. The Kier molecular flexibility index (Phi) is 2.63. The SMILES string of the molecule is C[C@H]1C[C@@H](CN)[C@@H](C(F)(F)F)O1. The third-order valence-corrected chi connectivity index (χ3v) is 2.07. The molecule has 0 aromatic rings. The molecule has 1 aliphatic rings.